The molecule has 1 aliphatic carbocycles. The van der Waals surface area contributed by atoms with Gasteiger partial charge in [-0.2, -0.15) is 0 Å². The van der Waals surface area contributed by atoms with Crippen LogP contribution in [0.1, 0.15) is 38.1 Å². The van der Waals surface area contributed by atoms with E-state index in [1.807, 2.05) is 27.7 Å². The van der Waals surface area contributed by atoms with E-state index in [2.05, 4.69) is 5.32 Å². The second-order valence-corrected chi connectivity index (χ2v) is 6.36. The molecule has 4 nitrogen and oxygen atoms in total. The number of carbonyl (C=O) groups is 2. The Morgan fingerprint density at radius 1 is 1.20 bits per heavy atom. The summed E-state index contributed by atoms with van der Waals surface area (Å²) in [5.41, 5.74) is -0.432. The average molecular weight is 279 g/mol. The predicted octanol–water partition coefficient (Wildman–Crippen LogP) is 3.14. The second-order valence-electron chi connectivity index (χ2n) is 6.36. The molecule has 2 N–H and O–H groups in total. The van der Waals surface area contributed by atoms with Gasteiger partial charge in [-0.1, -0.05) is 27.7 Å². The number of anilines is 1. The van der Waals surface area contributed by atoms with E-state index in [4.69, 9.17) is 5.11 Å². The van der Waals surface area contributed by atoms with Crippen LogP contribution in [-0.4, -0.2) is 17.0 Å². The number of hydrogen-bond donors (Lipinski definition) is 2. The summed E-state index contributed by atoms with van der Waals surface area (Å²) >= 11 is 0. The fraction of sp³-hybridized carbons (Fsp3) is 0.467. The highest BCUT2D eigenvalue weighted by Gasteiger charge is 2.68. The molecule has 108 valence electrons. The topological polar surface area (TPSA) is 66.4 Å². The van der Waals surface area contributed by atoms with Gasteiger partial charge in [-0.15, -0.1) is 0 Å². The van der Waals surface area contributed by atoms with Crippen molar-refractivity contribution >= 4 is 17.6 Å². The zero-order valence-electron chi connectivity index (χ0n) is 12.0. The molecule has 0 radical (unpaired) electrons. The van der Waals surface area contributed by atoms with Gasteiger partial charge in [0.2, 0.25) is 5.91 Å². The molecule has 1 aromatic rings. The minimum Gasteiger partial charge on any atom is -0.478 e. The Hall–Kier alpha value is -1.91. The average Bonchev–Trinajstić information content (AvgIpc) is 2.68. The van der Waals surface area contributed by atoms with Crippen LogP contribution in [0.3, 0.4) is 0 Å². The Morgan fingerprint density at radius 3 is 2.20 bits per heavy atom. The number of carboxylic acid groups (broad SMARTS) is 1. The first kappa shape index (κ1) is 14.5. The second kappa shape index (κ2) is 4.30. The number of nitrogens with one attached hydrogen (secondary N) is 1. The molecule has 1 fully saturated rings. The van der Waals surface area contributed by atoms with E-state index in [0.717, 1.165) is 18.2 Å². The largest absolute Gasteiger partial charge is 0.478 e. The van der Waals surface area contributed by atoms with E-state index in [1.165, 1.54) is 0 Å². The van der Waals surface area contributed by atoms with E-state index in [1.54, 1.807) is 0 Å². The number of carbonyl (C=O) groups excluding carboxylic acids is 1. The van der Waals surface area contributed by atoms with Gasteiger partial charge in [-0.25, -0.2) is 9.18 Å². The van der Waals surface area contributed by atoms with Gasteiger partial charge in [-0.3, -0.25) is 4.79 Å². The standard InChI is InChI=1S/C15H18FNO3/c1-14(2)11(15(14,3)4)12(18)17-10-7-8(16)5-6-9(10)13(19)20/h5-7,11H,1-4H3,(H,17,18)(H,19,20). The third-order valence-corrected chi connectivity index (χ3v) is 4.75. The Bertz CT molecular complexity index is 579. The summed E-state index contributed by atoms with van der Waals surface area (Å²) in [4.78, 5) is 23.3. The molecule has 20 heavy (non-hydrogen) atoms. The molecule has 0 unspecified atom stereocenters. The number of aromatic carboxylic acids is 1. The van der Waals surface area contributed by atoms with Crippen LogP contribution in [0.4, 0.5) is 10.1 Å². The molecule has 0 saturated heterocycles. The smallest absolute Gasteiger partial charge is 0.337 e. The van der Waals surface area contributed by atoms with Gasteiger partial charge in [-0.05, 0) is 29.0 Å². The van der Waals surface area contributed by atoms with E-state index < -0.39 is 11.8 Å². The van der Waals surface area contributed by atoms with Crippen molar-refractivity contribution in [1.29, 1.82) is 0 Å². The molecule has 0 heterocycles. The maximum Gasteiger partial charge on any atom is 0.337 e. The van der Waals surface area contributed by atoms with E-state index >= 15 is 0 Å². The predicted molar refractivity (Wildman–Crippen MR) is 73.0 cm³/mol. The van der Waals surface area contributed by atoms with Gasteiger partial charge in [0.05, 0.1) is 11.3 Å². The van der Waals surface area contributed by atoms with Crippen molar-refractivity contribution < 1.29 is 19.1 Å². The van der Waals surface area contributed by atoms with Gasteiger partial charge in [0.1, 0.15) is 5.82 Å². The highest BCUT2D eigenvalue weighted by molar-refractivity contribution is 6.02. The first-order chi connectivity index (χ1) is 9.09. The number of rotatable bonds is 3. The maximum atomic E-state index is 13.2. The van der Waals surface area contributed by atoms with Crippen LogP contribution < -0.4 is 5.32 Å². The number of benzene rings is 1. The summed E-state index contributed by atoms with van der Waals surface area (Å²) in [5, 5.41) is 11.6. The molecular weight excluding hydrogens is 261 g/mol. The van der Waals surface area contributed by atoms with Gasteiger partial charge < -0.3 is 10.4 Å². The first-order valence-electron chi connectivity index (χ1n) is 6.42. The monoisotopic (exact) mass is 279 g/mol. The lowest BCUT2D eigenvalue weighted by Crippen LogP contribution is -2.19. The van der Waals surface area contributed by atoms with Crippen molar-refractivity contribution in [1.82, 2.24) is 0 Å². The quantitative estimate of drug-likeness (QED) is 0.893. The molecule has 5 heteroatoms. The zero-order chi connectivity index (χ0) is 15.3. The summed E-state index contributed by atoms with van der Waals surface area (Å²) in [6.07, 6.45) is 0. The van der Waals surface area contributed by atoms with Crippen LogP contribution in [0.25, 0.3) is 0 Å². The molecule has 0 spiro atoms. The molecule has 0 aliphatic heterocycles. The van der Waals surface area contributed by atoms with Gasteiger partial charge in [0.15, 0.2) is 0 Å². The molecule has 1 amide bonds. The Labute approximate surface area is 117 Å². The number of amides is 1. The molecule has 0 bridgehead atoms. The van der Waals surface area contributed by atoms with E-state index in [-0.39, 0.29) is 33.9 Å². The molecule has 1 aromatic carbocycles. The summed E-state index contributed by atoms with van der Waals surface area (Å²) in [7, 11) is 0. The Morgan fingerprint density at radius 2 is 1.75 bits per heavy atom. The van der Waals surface area contributed by atoms with Gasteiger partial charge >= 0.3 is 5.97 Å². The summed E-state index contributed by atoms with van der Waals surface area (Å²) in [6, 6.07) is 3.24. The molecule has 0 aromatic heterocycles. The summed E-state index contributed by atoms with van der Waals surface area (Å²) in [6.45, 7) is 7.95. The van der Waals surface area contributed by atoms with Crippen LogP contribution in [-0.2, 0) is 4.79 Å². The van der Waals surface area contributed by atoms with E-state index in [9.17, 15) is 14.0 Å². The highest BCUT2D eigenvalue weighted by Crippen LogP contribution is 2.68. The van der Waals surface area contributed by atoms with Gasteiger partial charge in [0, 0.05) is 5.92 Å². The maximum absolute atomic E-state index is 13.2. The number of hydrogen-bond acceptors (Lipinski definition) is 2. The fourth-order valence-corrected chi connectivity index (χ4v) is 2.86. The molecular formula is C15H18FNO3. The Kier molecular flexibility index (Phi) is 3.11. The number of carboxylic acids is 1. The number of halogens is 1. The minimum absolute atomic E-state index is 0.000926. The lowest BCUT2D eigenvalue weighted by Gasteiger charge is -2.09. The third kappa shape index (κ3) is 2.07. The van der Waals surface area contributed by atoms with Gasteiger partial charge in [0.25, 0.3) is 0 Å². The van der Waals surface area contributed by atoms with E-state index in [0.29, 0.717) is 0 Å². The van der Waals surface area contributed by atoms with Crippen LogP contribution in [0.15, 0.2) is 18.2 Å². The third-order valence-electron chi connectivity index (χ3n) is 4.75. The normalized spacial score (nSPS) is 19.4. The van der Waals surface area contributed by atoms with Crippen molar-refractivity contribution in [3.05, 3.63) is 29.6 Å². The SMILES string of the molecule is CC1(C)C(C(=O)Nc2cc(F)ccc2C(=O)O)C1(C)C. The van der Waals surface area contributed by atoms with Crippen LogP contribution in [0, 0.1) is 22.6 Å². The summed E-state index contributed by atoms with van der Waals surface area (Å²) in [5.74, 6) is -2.28. The summed E-state index contributed by atoms with van der Waals surface area (Å²) < 4.78 is 13.2. The van der Waals surface area contributed by atoms with Crippen molar-refractivity contribution in [2.45, 2.75) is 27.7 Å². The highest BCUT2D eigenvalue weighted by atomic mass is 19.1. The van der Waals surface area contributed by atoms with Crippen molar-refractivity contribution in [3.8, 4) is 0 Å². The molecule has 1 saturated carbocycles. The lowest BCUT2D eigenvalue weighted by molar-refractivity contribution is -0.118. The Balaban J connectivity index is 2.26. The van der Waals surface area contributed by atoms with Crippen LogP contribution >= 0.6 is 0 Å². The van der Waals surface area contributed by atoms with Crippen LogP contribution in [0.2, 0.25) is 0 Å². The zero-order valence-corrected chi connectivity index (χ0v) is 12.0. The molecule has 1 aliphatic rings. The van der Waals surface area contributed by atoms with Crippen LogP contribution in [0.5, 0.6) is 0 Å². The van der Waals surface area contributed by atoms with Crippen molar-refractivity contribution in [3.63, 3.8) is 0 Å². The molecule has 0 atom stereocenters. The molecule has 2 rings (SSSR count). The minimum atomic E-state index is -1.20. The van der Waals surface area contributed by atoms with Crippen molar-refractivity contribution in [2.75, 3.05) is 5.32 Å². The first-order valence-corrected chi connectivity index (χ1v) is 6.42. The lowest BCUT2D eigenvalue weighted by atomic mass is 10.0. The van der Waals surface area contributed by atoms with Crippen molar-refractivity contribution in [2.24, 2.45) is 16.7 Å². The fourth-order valence-electron chi connectivity index (χ4n) is 2.86.